The van der Waals surface area contributed by atoms with E-state index in [4.69, 9.17) is 14.2 Å². The number of rotatable bonds is 5. The maximum atomic E-state index is 11.8. The van der Waals surface area contributed by atoms with Crippen LogP contribution >= 0.6 is 0 Å². The van der Waals surface area contributed by atoms with Gasteiger partial charge in [0.25, 0.3) is 0 Å². The fourth-order valence-corrected chi connectivity index (χ4v) is 2.21. The van der Waals surface area contributed by atoms with Crippen molar-refractivity contribution in [2.45, 2.75) is 31.5 Å². The molecule has 0 saturated carbocycles. The number of benzene rings is 1. The van der Waals surface area contributed by atoms with Crippen LogP contribution in [0.5, 0.6) is 5.75 Å². The van der Waals surface area contributed by atoms with E-state index in [0.29, 0.717) is 19.4 Å². The zero-order valence-corrected chi connectivity index (χ0v) is 11.6. The molecule has 1 aliphatic heterocycles. The Balaban J connectivity index is 1.82. The zero-order valence-electron chi connectivity index (χ0n) is 11.6. The molecule has 1 aromatic rings. The van der Waals surface area contributed by atoms with Crippen LogP contribution in [0.15, 0.2) is 24.3 Å². The van der Waals surface area contributed by atoms with E-state index in [-0.39, 0.29) is 19.0 Å². The minimum Gasteiger partial charge on any atom is -0.496 e. The van der Waals surface area contributed by atoms with E-state index in [1.807, 2.05) is 24.3 Å². The zero-order chi connectivity index (χ0) is 14.4. The quantitative estimate of drug-likeness (QED) is 0.824. The lowest BCUT2D eigenvalue weighted by Gasteiger charge is -2.27. The summed E-state index contributed by atoms with van der Waals surface area (Å²) < 4.78 is 15.6. The van der Waals surface area contributed by atoms with E-state index < -0.39 is 12.2 Å². The Labute approximate surface area is 118 Å². The number of aliphatic hydroxyl groups excluding tert-OH is 1. The van der Waals surface area contributed by atoms with Crippen LogP contribution in [0.2, 0.25) is 0 Å². The minimum absolute atomic E-state index is 0.227. The van der Waals surface area contributed by atoms with Gasteiger partial charge in [0.05, 0.1) is 20.3 Å². The molecule has 0 bridgehead atoms. The molecule has 0 aromatic heterocycles. The molecule has 1 fully saturated rings. The van der Waals surface area contributed by atoms with Gasteiger partial charge in [0.1, 0.15) is 18.0 Å². The molecule has 1 aliphatic rings. The molecule has 0 unspecified atom stereocenters. The molecular formula is C15H20O5. The van der Waals surface area contributed by atoms with Gasteiger partial charge in [-0.05, 0) is 18.1 Å². The summed E-state index contributed by atoms with van der Waals surface area (Å²) in [4.78, 5) is 11.8. The molecule has 2 rings (SSSR count). The van der Waals surface area contributed by atoms with E-state index >= 15 is 0 Å². The summed E-state index contributed by atoms with van der Waals surface area (Å²) in [5.41, 5.74) is 0.972. The molecule has 0 spiro atoms. The van der Waals surface area contributed by atoms with Crippen LogP contribution in [0.3, 0.4) is 0 Å². The summed E-state index contributed by atoms with van der Waals surface area (Å²) in [6.07, 6.45) is 0.196. The Kier molecular flexibility index (Phi) is 5.38. The number of methoxy groups -OCH3 is 1. The highest BCUT2D eigenvalue weighted by atomic mass is 16.6. The molecule has 0 amide bonds. The van der Waals surface area contributed by atoms with Crippen LogP contribution in [0, 0.1) is 0 Å². The Morgan fingerprint density at radius 3 is 3.00 bits per heavy atom. The summed E-state index contributed by atoms with van der Waals surface area (Å²) in [6, 6.07) is 7.59. The molecule has 1 heterocycles. The van der Waals surface area contributed by atoms with Crippen LogP contribution in [0.4, 0.5) is 0 Å². The lowest BCUT2D eigenvalue weighted by molar-refractivity contribution is -0.165. The van der Waals surface area contributed by atoms with Crippen molar-refractivity contribution in [3.63, 3.8) is 0 Å². The van der Waals surface area contributed by atoms with Crippen molar-refractivity contribution in [3.8, 4) is 5.75 Å². The summed E-state index contributed by atoms with van der Waals surface area (Å²) in [5, 5.41) is 9.66. The van der Waals surface area contributed by atoms with Crippen molar-refractivity contribution in [1.29, 1.82) is 0 Å². The minimum atomic E-state index is -0.723. The van der Waals surface area contributed by atoms with Crippen LogP contribution in [0.25, 0.3) is 0 Å². The number of hydrogen-bond acceptors (Lipinski definition) is 5. The fraction of sp³-hybridized carbons (Fsp3) is 0.533. The Morgan fingerprint density at radius 2 is 2.25 bits per heavy atom. The Bertz CT molecular complexity index is 446. The van der Waals surface area contributed by atoms with Crippen molar-refractivity contribution >= 4 is 5.97 Å². The average molecular weight is 280 g/mol. The van der Waals surface area contributed by atoms with Gasteiger partial charge in [0.2, 0.25) is 0 Å². The molecule has 110 valence electrons. The molecule has 5 heteroatoms. The van der Waals surface area contributed by atoms with E-state index in [1.54, 1.807) is 7.11 Å². The van der Waals surface area contributed by atoms with E-state index in [2.05, 4.69) is 0 Å². The first kappa shape index (κ1) is 14.8. The first-order valence-electron chi connectivity index (χ1n) is 6.78. The highest BCUT2D eigenvalue weighted by Crippen LogP contribution is 2.19. The van der Waals surface area contributed by atoms with E-state index in [0.717, 1.165) is 11.3 Å². The topological polar surface area (TPSA) is 65.0 Å². The van der Waals surface area contributed by atoms with Crippen LogP contribution in [-0.4, -0.2) is 43.6 Å². The van der Waals surface area contributed by atoms with Gasteiger partial charge in [-0.25, -0.2) is 0 Å². The monoisotopic (exact) mass is 280 g/mol. The highest BCUT2D eigenvalue weighted by molar-refractivity contribution is 5.70. The third-order valence-electron chi connectivity index (χ3n) is 3.34. The van der Waals surface area contributed by atoms with Crippen molar-refractivity contribution < 1.29 is 24.1 Å². The molecule has 1 aromatic carbocycles. The number of aliphatic hydroxyl groups is 1. The van der Waals surface area contributed by atoms with Gasteiger partial charge < -0.3 is 19.3 Å². The van der Waals surface area contributed by atoms with E-state index in [1.165, 1.54) is 0 Å². The molecule has 0 radical (unpaired) electrons. The normalized spacial score (nSPS) is 22.3. The summed E-state index contributed by atoms with van der Waals surface area (Å²) >= 11 is 0. The number of esters is 1. The number of aryl methyl sites for hydroxylation is 1. The van der Waals surface area contributed by atoms with Crippen LogP contribution in [-0.2, 0) is 20.7 Å². The maximum Gasteiger partial charge on any atom is 0.306 e. The van der Waals surface area contributed by atoms with Gasteiger partial charge in [-0.15, -0.1) is 0 Å². The largest absolute Gasteiger partial charge is 0.496 e. The summed E-state index contributed by atoms with van der Waals surface area (Å²) in [7, 11) is 1.61. The number of carbonyl (C=O) groups is 1. The average Bonchev–Trinajstić information content (AvgIpc) is 2.48. The van der Waals surface area contributed by atoms with Crippen molar-refractivity contribution in [2.75, 3.05) is 20.3 Å². The van der Waals surface area contributed by atoms with Crippen molar-refractivity contribution in [1.82, 2.24) is 0 Å². The smallest absolute Gasteiger partial charge is 0.306 e. The molecule has 2 atom stereocenters. The van der Waals surface area contributed by atoms with Gasteiger partial charge in [-0.1, -0.05) is 18.2 Å². The first-order chi connectivity index (χ1) is 9.70. The molecule has 0 aliphatic carbocycles. The Morgan fingerprint density at radius 1 is 1.45 bits per heavy atom. The van der Waals surface area contributed by atoms with Gasteiger partial charge in [0, 0.05) is 12.8 Å². The second-order valence-electron chi connectivity index (χ2n) is 4.77. The molecule has 1 N–H and O–H groups in total. The summed E-state index contributed by atoms with van der Waals surface area (Å²) in [6.45, 7) is 0.742. The highest BCUT2D eigenvalue weighted by Gasteiger charge is 2.27. The summed E-state index contributed by atoms with van der Waals surface area (Å²) in [5.74, 6) is 0.466. The first-order valence-corrected chi connectivity index (χ1v) is 6.78. The Hall–Kier alpha value is -1.59. The standard InChI is InChI=1S/C15H20O5/c1-18-13-5-3-2-4-11(13)6-7-15(17)20-14-8-9-19-10-12(14)16/h2-5,12,14,16H,6-10H2,1H3/t12-,14-/m1/s1. The molecule has 1 saturated heterocycles. The lowest BCUT2D eigenvalue weighted by Crippen LogP contribution is -2.39. The predicted molar refractivity (Wildman–Crippen MR) is 72.6 cm³/mol. The number of ether oxygens (including phenoxy) is 3. The van der Waals surface area contributed by atoms with Crippen LogP contribution in [0.1, 0.15) is 18.4 Å². The molecular weight excluding hydrogens is 260 g/mol. The van der Waals surface area contributed by atoms with Crippen molar-refractivity contribution in [2.24, 2.45) is 0 Å². The van der Waals surface area contributed by atoms with Crippen LogP contribution < -0.4 is 4.74 Å². The second-order valence-corrected chi connectivity index (χ2v) is 4.77. The second kappa shape index (κ2) is 7.26. The number of carbonyl (C=O) groups excluding carboxylic acids is 1. The predicted octanol–water partition coefficient (Wildman–Crippen LogP) is 1.32. The van der Waals surface area contributed by atoms with Crippen molar-refractivity contribution in [3.05, 3.63) is 29.8 Å². The van der Waals surface area contributed by atoms with Gasteiger partial charge in [-0.2, -0.15) is 0 Å². The van der Waals surface area contributed by atoms with Gasteiger partial charge in [0.15, 0.2) is 0 Å². The SMILES string of the molecule is COc1ccccc1CCC(=O)O[C@@H]1CCOC[C@H]1O. The fourth-order valence-electron chi connectivity index (χ4n) is 2.21. The van der Waals surface area contributed by atoms with Gasteiger partial charge >= 0.3 is 5.97 Å². The maximum absolute atomic E-state index is 11.8. The van der Waals surface area contributed by atoms with E-state index in [9.17, 15) is 9.90 Å². The van der Waals surface area contributed by atoms with Gasteiger partial charge in [-0.3, -0.25) is 4.79 Å². The number of para-hydroxylation sites is 1. The molecule has 20 heavy (non-hydrogen) atoms. The third-order valence-corrected chi connectivity index (χ3v) is 3.34. The third kappa shape index (κ3) is 3.95. The number of hydrogen-bond donors (Lipinski definition) is 1. The lowest BCUT2D eigenvalue weighted by atomic mass is 10.1. The molecule has 5 nitrogen and oxygen atoms in total.